The van der Waals surface area contributed by atoms with Gasteiger partial charge in [-0.15, -0.1) is 0 Å². The van der Waals surface area contributed by atoms with Crippen LogP contribution in [0.3, 0.4) is 0 Å². The Morgan fingerprint density at radius 3 is 2.67 bits per heavy atom. The number of benzene rings is 1. The Morgan fingerprint density at radius 1 is 1.24 bits per heavy atom. The Balaban J connectivity index is 1.72. The molecule has 0 bridgehead atoms. The Bertz CT molecular complexity index is 509. The number of amides is 1. The molecule has 1 aromatic rings. The van der Waals surface area contributed by atoms with E-state index >= 15 is 0 Å². The van der Waals surface area contributed by atoms with E-state index in [9.17, 15) is 9.18 Å². The van der Waals surface area contributed by atoms with Crippen molar-refractivity contribution in [1.82, 2.24) is 0 Å². The van der Waals surface area contributed by atoms with Crippen LogP contribution in [0.5, 0.6) is 0 Å². The van der Waals surface area contributed by atoms with E-state index in [1.54, 1.807) is 12.1 Å². The van der Waals surface area contributed by atoms with E-state index in [-0.39, 0.29) is 23.3 Å². The lowest BCUT2D eigenvalue weighted by Gasteiger charge is -2.29. The molecular weight excluding hydrogens is 271 g/mol. The average Bonchev–Trinajstić information content (AvgIpc) is 3.05. The second kappa shape index (κ2) is 6.43. The van der Waals surface area contributed by atoms with Crippen molar-refractivity contribution in [3.8, 4) is 0 Å². The van der Waals surface area contributed by atoms with Crippen LogP contribution in [0.15, 0.2) is 18.2 Å². The highest BCUT2D eigenvalue weighted by Gasteiger charge is 2.23. The van der Waals surface area contributed by atoms with E-state index in [4.69, 9.17) is 4.74 Å². The molecule has 0 spiro atoms. The van der Waals surface area contributed by atoms with Gasteiger partial charge in [-0.05, 0) is 31.0 Å². The molecule has 5 heteroatoms. The highest BCUT2D eigenvalue weighted by molar-refractivity contribution is 5.93. The Morgan fingerprint density at radius 2 is 1.95 bits per heavy atom. The number of ether oxygens (including phenoxy) is 1. The van der Waals surface area contributed by atoms with Gasteiger partial charge in [-0.1, -0.05) is 12.8 Å². The number of rotatable bonds is 3. The first-order chi connectivity index (χ1) is 10.2. The number of morpholine rings is 1. The minimum absolute atomic E-state index is 0.0384. The molecule has 4 nitrogen and oxygen atoms in total. The molecule has 21 heavy (non-hydrogen) atoms. The number of carbonyl (C=O) groups is 1. The van der Waals surface area contributed by atoms with Gasteiger partial charge in [0.05, 0.1) is 18.9 Å². The summed E-state index contributed by atoms with van der Waals surface area (Å²) in [6.45, 7) is 2.95. The SMILES string of the molecule is O=C(Nc1cc(N2CCOCC2)ccc1F)C1CCCC1. The van der Waals surface area contributed by atoms with Crippen molar-refractivity contribution in [2.24, 2.45) is 5.92 Å². The molecule has 1 heterocycles. The summed E-state index contributed by atoms with van der Waals surface area (Å²) in [5, 5.41) is 2.76. The number of nitrogens with one attached hydrogen (secondary N) is 1. The number of carbonyl (C=O) groups excluding carboxylic acids is 1. The van der Waals surface area contributed by atoms with Gasteiger partial charge in [0.15, 0.2) is 0 Å². The van der Waals surface area contributed by atoms with Crippen LogP contribution in [0.1, 0.15) is 25.7 Å². The molecule has 0 unspecified atom stereocenters. The van der Waals surface area contributed by atoms with Crippen molar-refractivity contribution in [2.75, 3.05) is 36.5 Å². The molecule has 3 rings (SSSR count). The van der Waals surface area contributed by atoms with Crippen molar-refractivity contribution >= 4 is 17.3 Å². The summed E-state index contributed by atoms with van der Waals surface area (Å²) >= 11 is 0. The standard InChI is InChI=1S/C16H21FN2O2/c17-14-6-5-13(19-7-9-21-10-8-19)11-15(14)18-16(20)12-3-1-2-4-12/h5-6,11-12H,1-4,7-10H2,(H,18,20). The summed E-state index contributed by atoms with van der Waals surface area (Å²) in [5.41, 5.74) is 1.22. The van der Waals surface area contributed by atoms with Gasteiger partial charge in [0.1, 0.15) is 5.82 Å². The van der Waals surface area contributed by atoms with Crippen LogP contribution in [0.2, 0.25) is 0 Å². The number of anilines is 2. The average molecular weight is 292 g/mol. The third kappa shape index (κ3) is 3.35. The molecule has 1 saturated heterocycles. The molecule has 1 N–H and O–H groups in total. The van der Waals surface area contributed by atoms with Gasteiger partial charge in [0, 0.05) is 24.7 Å². The summed E-state index contributed by atoms with van der Waals surface area (Å²) in [7, 11) is 0. The molecule has 1 saturated carbocycles. The topological polar surface area (TPSA) is 41.6 Å². The molecule has 2 fully saturated rings. The molecule has 1 aliphatic carbocycles. The van der Waals surface area contributed by atoms with Gasteiger partial charge in [-0.25, -0.2) is 4.39 Å². The third-order valence-corrected chi connectivity index (χ3v) is 4.31. The first-order valence-corrected chi connectivity index (χ1v) is 7.67. The Labute approximate surface area is 124 Å². The van der Waals surface area contributed by atoms with Crippen molar-refractivity contribution in [3.05, 3.63) is 24.0 Å². The molecule has 114 valence electrons. The Hall–Kier alpha value is -1.62. The van der Waals surface area contributed by atoms with Gasteiger partial charge in [-0.3, -0.25) is 4.79 Å². The van der Waals surface area contributed by atoms with Gasteiger partial charge < -0.3 is 15.0 Å². The fraction of sp³-hybridized carbons (Fsp3) is 0.562. The number of nitrogens with zero attached hydrogens (tertiary/aromatic N) is 1. The molecule has 1 amide bonds. The molecule has 1 aromatic carbocycles. The lowest BCUT2D eigenvalue weighted by atomic mass is 10.1. The van der Waals surface area contributed by atoms with E-state index in [0.717, 1.165) is 44.5 Å². The zero-order chi connectivity index (χ0) is 14.7. The van der Waals surface area contributed by atoms with E-state index < -0.39 is 0 Å². The smallest absolute Gasteiger partial charge is 0.227 e. The first-order valence-electron chi connectivity index (χ1n) is 7.67. The minimum atomic E-state index is -0.377. The van der Waals surface area contributed by atoms with Crippen LogP contribution in [-0.4, -0.2) is 32.2 Å². The predicted octanol–water partition coefficient (Wildman–Crippen LogP) is 2.79. The lowest BCUT2D eigenvalue weighted by molar-refractivity contribution is -0.119. The highest BCUT2D eigenvalue weighted by atomic mass is 19.1. The maximum Gasteiger partial charge on any atom is 0.227 e. The van der Waals surface area contributed by atoms with Crippen LogP contribution in [-0.2, 0) is 9.53 Å². The van der Waals surface area contributed by atoms with E-state index in [1.165, 1.54) is 6.07 Å². The lowest BCUT2D eigenvalue weighted by Crippen LogP contribution is -2.36. The summed E-state index contributed by atoms with van der Waals surface area (Å²) in [4.78, 5) is 14.3. The van der Waals surface area contributed by atoms with Crippen molar-refractivity contribution in [1.29, 1.82) is 0 Å². The van der Waals surface area contributed by atoms with Gasteiger partial charge in [-0.2, -0.15) is 0 Å². The molecule has 0 radical (unpaired) electrons. The normalized spacial score (nSPS) is 19.8. The van der Waals surface area contributed by atoms with Crippen molar-refractivity contribution in [3.63, 3.8) is 0 Å². The zero-order valence-corrected chi connectivity index (χ0v) is 12.1. The van der Waals surface area contributed by atoms with Gasteiger partial charge in [0.25, 0.3) is 0 Å². The van der Waals surface area contributed by atoms with Gasteiger partial charge in [0.2, 0.25) is 5.91 Å². The van der Waals surface area contributed by atoms with Crippen LogP contribution in [0.4, 0.5) is 15.8 Å². The maximum atomic E-state index is 13.9. The zero-order valence-electron chi connectivity index (χ0n) is 12.1. The second-order valence-electron chi connectivity index (χ2n) is 5.73. The quantitative estimate of drug-likeness (QED) is 0.931. The van der Waals surface area contributed by atoms with E-state index in [1.807, 2.05) is 0 Å². The molecule has 0 atom stereocenters. The van der Waals surface area contributed by atoms with Gasteiger partial charge >= 0.3 is 0 Å². The summed E-state index contributed by atoms with van der Waals surface area (Å²) < 4.78 is 19.2. The minimum Gasteiger partial charge on any atom is -0.378 e. The largest absolute Gasteiger partial charge is 0.378 e. The Kier molecular flexibility index (Phi) is 4.39. The fourth-order valence-corrected chi connectivity index (χ4v) is 3.05. The van der Waals surface area contributed by atoms with E-state index in [2.05, 4.69) is 10.2 Å². The number of hydrogen-bond donors (Lipinski definition) is 1. The third-order valence-electron chi connectivity index (χ3n) is 4.31. The number of hydrogen-bond acceptors (Lipinski definition) is 3. The van der Waals surface area contributed by atoms with Crippen LogP contribution in [0.25, 0.3) is 0 Å². The number of halogens is 1. The highest BCUT2D eigenvalue weighted by Crippen LogP contribution is 2.28. The van der Waals surface area contributed by atoms with Crippen LogP contribution < -0.4 is 10.2 Å². The second-order valence-corrected chi connectivity index (χ2v) is 5.73. The molecule has 2 aliphatic rings. The molecule has 0 aromatic heterocycles. The van der Waals surface area contributed by atoms with Crippen LogP contribution in [0, 0.1) is 11.7 Å². The summed E-state index contributed by atoms with van der Waals surface area (Å²) in [5.74, 6) is -0.389. The predicted molar refractivity (Wildman–Crippen MR) is 80.0 cm³/mol. The maximum absolute atomic E-state index is 13.9. The fourth-order valence-electron chi connectivity index (χ4n) is 3.05. The summed E-state index contributed by atoms with van der Waals surface area (Å²) in [6, 6.07) is 4.91. The van der Waals surface area contributed by atoms with Crippen molar-refractivity contribution < 1.29 is 13.9 Å². The molecule has 1 aliphatic heterocycles. The van der Waals surface area contributed by atoms with E-state index in [0.29, 0.717) is 13.2 Å². The van der Waals surface area contributed by atoms with Crippen LogP contribution >= 0.6 is 0 Å². The van der Waals surface area contributed by atoms with Crippen molar-refractivity contribution in [2.45, 2.75) is 25.7 Å². The molecular formula is C16H21FN2O2. The summed E-state index contributed by atoms with van der Waals surface area (Å²) in [6.07, 6.45) is 4.01. The first kappa shape index (κ1) is 14.3. The monoisotopic (exact) mass is 292 g/mol.